The maximum absolute atomic E-state index is 5.48. The molecular formula is C12H11NO2. The second-order valence-electron chi connectivity index (χ2n) is 3.50. The molecule has 0 spiro atoms. The van der Waals surface area contributed by atoms with Crippen molar-refractivity contribution < 1.29 is 9.47 Å². The van der Waals surface area contributed by atoms with Crippen LogP contribution in [0.5, 0.6) is 0 Å². The van der Waals surface area contributed by atoms with Crippen molar-refractivity contribution in [2.75, 3.05) is 13.2 Å². The van der Waals surface area contributed by atoms with E-state index in [-0.39, 0.29) is 6.29 Å². The lowest BCUT2D eigenvalue weighted by molar-refractivity contribution is -0.0431. The number of hydrogen-bond acceptors (Lipinski definition) is 3. The first-order valence-electron chi connectivity index (χ1n) is 5.02. The molecule has 15 heavy (non-hydrogen) atoms. The number of hydrogen-bond donors (Lipinski definition) is 0. The number of para-hydroxylation sites is 1. The molecule has 0 unspecified atom stereocenters. The van der Waals surface area contributed by atoms with Gasteiger partial charge in [0.05, 0.1) is 18.7 Å². The number of fused-ring (bicyclic) bond motifs is 1. The summed E-state index contributed by atoms with van der Waals surface area (Å²) in [6.45, 7) is 1.32. The Bertz CT molecular complexity index is 473. The molecule has 1 aliphatic heterocycles. The molecule has 0 aliphatic carbocycles. The van der Waals surface area contributed by atoms with E-state index in [1.165, 1.54) is 0 Å². The topological polar surface area (TPSA) is 31.4 Å². The lowest BCUT2D eigenvalue weighted by atomic mass is 10.1. The number of ether oxygens (including phenoxy) is 2. The zero-order valence-corrected chi connectivity index (χ0v) is 8.22. The van der Waals surface area contributed by atoms with Gasteiger partial charge in [0, 0.05) is 17.1 Å². The molecule has 1 aromatic carbocycles. The van der Waals surface area contributed by atoms with Crippen molar-refractivity contribution in [2.24, 2.45) is 0 Å². The van der Waals surface area contributed by atoms with Crippen molar-refractivity contribution in [2.45, 2.75) is 6.29 Å². The Labute approximate surface area is 87.6 Å². The molecule has 0 saturated carbocycles. The average Bonchev–Trinajstić information content (AvgIpc) is 2.82. The third-order valence-electron chi connectivity index (χ3n) is 2.54. The van der Waals surface area contributed by atoms with E-state index < -0.39 is 0 Å². The zero-order valence-electron chi connectivity index (χ0n) is 8.22. The minimum Gasteiger partial charge on any atom is -0.346 e. The van der Waals surface area contributed by atoms with Crippen molar-refractivity contribution in [1.29, 1.82) is 0 Å². The van der Waals surface area contributed by atoms with Gasteiger partial charge in [-0.2, -0.15) is 0 Å². The van der Waals surface area contributed by atoms with Gasteiger partial charge in [-0.1, -0.05) is 24.3 Å². The van der Waals surface area contributed by atoms with Crippen molar-refractivity contribution in [3.05, 3.63) is 42.1 Å². The van der Waals surface area contributed by atoms with Gasteiger partial charge in [0.1, 0.15) is 0 Å². The third-order valence-corrected chi connectivity index (χ3v) is 2.54. The lowest BCUT2D eigenvalue weighted by Crippen LogP contribution is -1.99. The van der Waals surface area contributed by atoms with Gasteiger partial charge in [0.2, 0.25) is 0 Å². The number of nitrogens with zero attached hydrogens (tertiary/aromatic N) is 1. The highest BCUT2D eigenvalue weighted by Crippen LogP contribution is 2.28. The second-order valence-corrected chi connectivity index (χ2v) is 3.50. The molecule has 1 aromatic heterocycles. The molecule has 0 N–H and O–H groups in total. The Kier molecular flexibility index (Phi) is 2.12. The maximum atomic E-state index is 5.48. The average molecular weight is 201 g/mol. The smallest absolute Gasteiger partial charge is 0.186 e. The Morgan fingerprint density at radius 2 is 1.87 bits per heavy atom. The molecule has 0 atom stereocenters. The number of pyridine rings is 1. The molecule has 3 heteroatoms. The summed E-state index contributed by atoms with van der Waals surface area (Å²) in [4.78, 5) is 4.37. The quantitative estimate of drug-likeness (QED) is 0.709. The normalized spacial score (nSPS) is 17.3. The second kappa shape index (κ2) is 3.61. The summed E-state index contributed by atoms with van der Waals surface area (Å²) in [7, 11) is 0. The van der Waals surface area contributed by atoms with Crippen LogP contribution in [0.25, 0.3) is 10.9 Å². The Hall–Kier alpha value is -1.45. The van der Waals surface area contributed by atoms with Crippen molar-refractivity contribution in [3.8, 4) is 0 Å². The number of benzene rings is 1. The minimum absolute atomic E-state index is 0.247. The predicted octanol–water partition coefficient (Wildman–Crippen LogP) is 2.28. The van der Waals surface area contributed by atoms with E-state index >= 15 is 0 Å². The summed E-state index contributed by atoms with van der Waals surface area (Å²) in [6.07, 6.45) is 1.55. The number of rotatable bonds is 1. The molecular weight excluding hydrogens is 190 g/mol. The summed E-state index contributed by atoms with van der Waals surface area (Å²) in [5.74, 6) is 0. The van der Waals surface area contributed by atoms with Crippen molar-refractivity contribution in [3.63, 3.8) is 0 Å². The van der Waals surface area contributed by atoms with Crippen LogP contribution in [0.3, 0.4) is 0 Å². The number of aromatic nitrogens is 1. The van der Waals surface area contributed by atoms with Crippen molar-refractivity contribution >= 4 is 10.9 Å². The maximum Gasteiger partial charge on any atom is 0.186 e. The highest BCUT2D eigenvalue weighted by atomic mass is 16.7. The standard InChI is InChI=1S/C12H11NO2/c1-3-9-4-2-6-13-11(9)10(5-1)12-14-7-8-15-12/h1-6,12H,7-8H2. The fraction of sp³-hybridized carbons (Fsp3) is 0.250. The Morgan fingerprint density at radius 3 is 2.73 bits per heavy atom. The van der Waals surface area contributed by atoms with Gasteiger partial charge < -0.3 is 9.47 Å². The summed E-state index contributed by atoms with van der Waals surface area (Å²) in [6, 6.07) is 10.0. The van der Waals surface area contributed by atoms with Gasteiger partial charge in [-0.3, -0.25) is 4.98 Å². The summed E-state index contributed by atoms with van der Waals surface area (Å²) >= 11 is 0. The van der Waals surface area contributed by atoms with Crippen LogP contribution < -0.4 is 0 Å². The van der Waals surface area contributed by atoms with Crippen molar-refractivity contribution in [1.82, 2.24) is 4.98 Å². The monoisotopic (exact) mass is 201 g/mol. The van der Waals surface area contributed by atoms with Crippen LogP contribution in [0, 0.1) is 0 Å². The molecule has 1 saturated heterocycles. The molecule has 2 heterocycles. The lowest BCUT2D eigenvalue weighted by Gasteiger charge is -2.11. The summed E-state index contributed by atoms with van der Waals surface area (Å²) < 4.78 is 11.0. The van der Waals surface area contributed by atoms with Gasteiger partial charge in [-0.15, -0.1) is 0 Å². The van der Waals surface area contributed by atoms with Crippen LogP contribution in [0.4, 0.5) is 0 Å². The first kappa shape index (κ1) is 8.83. The van der Waals surface area contributed by atoms with E-state index in [2.05, 4.69) is 4.98 Å². The summed E-state index contributed by atoms with van der Waals surface area (Å²) in [5.41, 5.74) is 1.98. The van der Waals surface area contributed by atoms with E-state index in [9.17, 15) is 0 Å². The highest BCUT2D eigenvalue weighted by molar-refractivity contribution is 5.81. The van der Waals surface area contributed by atoms with E-state index in [1.807, 2.05) is 30.3 Å². The molecule has 3 rings (SSSR count). The van der Waals surface area contributed by atoms with E-state index in [0.29, 0.717) is 13.2 Å². The molecule has 0 radical (unpaired) electrons. The fourth-order valence-corrected chi connectivity index (χ4v) is 1.86. The molecule has 1 aliphatic rings. The van der Waals surface area contributed by atoms with Crippen LogP contribution in [0.1, 0.15) is 11.9 Å². The first-order chi connectivity index (χ1) is 7.45. The van der Waals surface area contributed by atoms with Crippen LogP contribution in [-0.2, 0) is 9.47 Å². The molecule has 76 valence electrons. The first-order valence-corrected chi connectivity index (χ1v) is 5.02. The van der Waals surface area contributed by atoms with Crippen LogP contribution in [-0.4, -0.2) is 18.2 Å². The minimum atomic E-state index is -0.247. The van der Waals surface area contributed by atoms with E-state index in [4.69, 9.17) is 9.47 Å². The molecule has 0 bridgehead atoms. The molecule has 1 fully saturated rings. The van der Waals surface area contributed by atoms with Gasteiger partial charge in [0.15, 0.2) is 6.29 Å². The van der Waals surface area contributed by atoms with Crippen LogP contribution in [0.15, 0.2) is 36.5 Å². The van der Waals surface area contributed by atoms with E-state index in [0.717, 1.165) is 16.5 Å². The van der Waals surface area contributed by atoms with Gasteiger partial charge in [-0.05, 0) is 6.07 Å². The van der Waals surface area contributed by atoms with Gasteiger partial charge in [-0.25, -0.2) is 0 Å². The third kappa shape index (κ3) is 1.50. The van der Waals surface area contributed by atoms with Gasteiger partial charge >= 0.3 is 0 Å². The van der Waals surface area contributed by atoms with Gasteiger partial charge in [0.25, 0.3) is 0 Å². The molecule has 3 nitrogen and oxygen atoms in total. The predicted molar refractivity (Wildman–Crippen MR) is 56.4 cm³/mol. The Balaban J connectivity index is 2.16. The van der Waals surface area contributed by atoms with Crippen LogP contribution in [0.2, 0.25) is 0 Å². The zero-order chi connectivity index (χ0) is 10.1. The SMILES string of the molecule is c1cnc2c(C3OCCO3)cccc2c1. The fourth-order valence-electron chi connectivity index (χ4n) is 1.86. The highest BCUT2D eigenvalue weighted by Gasteiger charge is 2.20. The van der Waals surface area contributed by atoms with Crippen LogP contribution >= 0.6 is 0 Å². The largest absolute Gasteiger partial charge is 0.346 e. The Morgan fingerprint density at radius 1 is 1.07 bits per heavy atom. The molecule has 0 amide bonds. The van der Waals surface area contributed by atoms with E-state index in [1.54, 1.807) is 6.20 Å². The molecule has 2 aromatic rings. The summed E-state index contributed by atoms with van der Waals surface area (Å²) in [5, 5.41) is 1.12.